The molecule has 2 heterocycles. The molecule has 5 heteroatoms. The molecule has 0 aromatic rings. The van der Waals surface area contributed by atoms with Crippen LogP contribution in [0.3, 0.4) is 0 Å². The number of piperidine rings is 2. The lowest BCUT2D eigenvalue weighted by Gasteiger charge is -2.28. The van der Waals surface area contributed by atoms with E-state index in [9.17, 15) is 4.57 Å². The maximum atomic E-state index is 11.8. The van der Waals surface area contributed by atoms with Crippen molar-refractivity contribution in [3.8, 4) is 0 Å². The van der Waals surface area contributed by atoms with E-state index >= 15 is 0 Å². The van der Waals surface area contributed by atoms with Gasteiger partial charge in [-0.2, -0.15) is 0 Å². The van der Waals surface area contributed by atoms with Gasteiger partial charge < -0.3 is 4.52 Å². The standard InChI is InChI=1S/C12H25N2O2P/c15-17(12-14-9-5-2-6-10-14)16-11-13-7-3-1-4-8-13/h17H,1-12H2. The van der Waals surface area contributed by atoms with Gasteiger partial charge in [0.1, 0.15) is 6.73 Å². The highest BCUT2D eigenvalue weighted by molar-refractivity contribution is 7.39. The quantitative estimate of drug-likeness (QED) is 0.710. The molecule has 0 amide bonds. The molecule has 0 aliphatic carbocycles. The van der Waals surface area contributed by atoms with Crippen molar-refractivity contribution >= 4 is 8.03 Å². The Hall–Kier alpha value is 0.110. The van der Waals surface area contributed by atoms with E-state index in [0.29, 0.717) is 13.0 Å². The Morgan fingerprint density at radius 3 is 1.94 bits per heavy atom. The molecule has 2 aliphatic rings. The molecule has 0 saturated carbocycles. The van der Waals surface area contributed by atoms with Crippen LogP contribution in [-0.4, -0.2) is 49.0 Å². The SMILES string of the molecule is O=[PH](CN1CCCCC1)OCN1CCCCC1. The smallest absolute Gasteiger partial charge is 0.206 e. The van der Waals surface area contributed by atoms with E-state index in [1.165, 1.54) is 38.5 Å². The second-order valence-electron chi connectivity index (χ2n) is 5.16. The first-order valence-electron chi connectivity index (χ1n) is 6.95. The van der Waals surface area contributed by atoms with Gasteiger partial charge in [0, 0.05) is 13.1 Å². The first-order chi connectivity index (χ1) is 8.34. The Morgan fingerprint density at radius 2 is 1.35 bits per heavy atom. The van der Waals surface area contributed by atoms with Crippen molar-refractivity contribution in [1.29, 1.82) is 0 Å². The van der Waals surface area contributed by atoms with Gasteiger partial charge in [0.15, 0.2) is 0 Å². The first-order valence-corrected chi connectivity index (χ1v) is 8.47. The lowest BCUT2D eigenvalue weighted by molar-refractivity contribution is 0.110. The number of likely N-dealkylation sites (tertiary alicyclic amines) is 2. The highest BCUT2D eigenvalue weighted by atomic mass is 31.1. The summed E-state index contributed by atoms with van der Waals surface area (Å²) in [6.45, 7) is 5.00. The van der Waals surface area contributed by atoms with Gasteiger partial charge in [-0.1, -0.05) is 12.8 Å². The largest absolute Gasteiger partial charge is 0.314 e. The van der Waals surface area contributed by atoms with Crippen molar-refractivity contribution < 1.29 is 9.09 Å². The van der Waals surface area contributed by atoms with Gasteiger partial charge in [-0.3, -0.25) is 14.4 Å². The molecule has 0 N–H and O–H groups in total. The molecular weight excluding hydrogens is 235 g/mol. The normalized spacial score (nSPS) is 25.9. The predicted octanol–water partition coefficient (Wildman–Crippen LogP) is 2.36. The number of hydrogen-bond acceptors (Lipinski definition) is 4. The van der Waals surface area contributed by atoms with Crippen LogP contribution in [0, 0.1) is 0 Å². The molecule has 0 aromatic carbocycles. The van der Waals surface area contributed by atoms with E-state index in [0.717, 1.165) is 26.2 Å². The molecular formula is C12H25N2O2P. The minimum absolute atomic E-state index is 0.575. The average Bonchev–Trinajstić information content (AvgIpc) is 2.39. The number of hydrogen-bond donors (Lipinski definition) is 0. The molecule has 0 radical (unpaired) electrons. The number of nitrogens with zero attached hydrogens (tertiary/aromatic N) is 2. The minimum atomic E-state index is -1.85. The Kier molecular flexibility index (Phi) is 5.99. The van der Waals surface area contributed by atoms with E-state index in [1.54, 1.807) is 0 Å². The van der Waals surface area contributed by atoms with Crippen LogP contribution in [0.15, 0.2) is 0 Å². The molecule has 0 spiro atoms. The molecule has 1 atom stereocenters. The summed E-state index contributed by atoms with van der Waals surface area (Å²) >= 11 is 0. The van der Waals surface area contributed by atoms with Gasteiger partial charge in [-0.15, -0.1) is 0 Å². The third kappa shape index (κ3) is 5.09. The zero-order chi connectivity index (χ0) is 11.9. The van der Waals surface area contributed by atoms with Crippen molar-refractivity contribution in [2.24, 2.45) is 0 Å². The molecule has 2 rings (SSSR count). The average molecular weight is 260 g/mol. The van der Waals surface area contributed by atoms with Gasteiger partial charge in [0.25, 0.3) is 0 Å². The van der Waals surface area contributed by atoms with Gasteiger partial charge in [-0.25, -0.2) is 0 Å². The Balaban J connectivity index is 1.59. The molecule has 2 saturated heterocycles. The Labute approximate surface area is 105 Å². The number of rotatable bonds is 5. The van der Waals surface area contributed by atoms with Crippen molar-refractivity contribution in [3.63, 3.8) is 0 Å². The summed E-state index contributed by atoms with van der Waals surface area (Å²) in [6, 6.07) is 0. The lowest BCUT2D eigenvalue weighted by Crippen LogP contribution is -2.32. The molecule has 1 unspecified atom stereocenters. The maximum absolute atomic E-state index is 11.8. The van der Waals surface area contributed by atoms with E-state index in [4.69, 9.17) is 4.52 Å². The summed E-state index contributed by atoms with van der Waals surface area (Å²) in [6.07, 6.45) is 8.35. The second-order valence-corrected chi connectivity index (χ2v) is 6.51. The van der Waals surface area contributed by atoms with E-state index in [2.05, 4.69) is 9.80 Å². The van der Waals surface area contributed by atoms with Crippen LogP contribution < -0.4 is 0 Å². The fourth-order valence-corrected chi connectivity index (χ4v) is 3.70. The van der Waals surface area contributed by atoms with Crippen LogP contribution in [-0.2, 0) is 9.09 Å². The summed E-state index contributed by atoms with van der Waals surface area (Å²) in [5, 5.41) is 0. The van der Waals surface area contributed by atoms with E-state index < -0.39 is 8.03 Å². The van der Waals surface area contributed by atoms with Crippen molar-refractivity contribution in [3.05, 3.63) is 0 Å². The fourth-order valence-electron chi connectivity index (χ4n) is 2.60. The summed E-state index contributed by atoms with van der Waals surface area (Å²) in [5.41, 5.74) is 0. The van der Waals surface area contributed by atoms with Crippen molar-refractivity contribution in [2.75, 3.05) is 39.2 Å². The third-order valence-electron chi connectivity index (χ3n) is 3.66. The van der Waals surface area contributed by atoms with E-state index in [-0.39, 0.29) is 0 Å². The Bertz CT molecular complexity index is 239. The van der Waals surface area contributed by atoms with Crippen LogP contribution >= 0.6 is 8.03 Å². The molecule has 2 aliphatic heterocycles. The topological polar surface area (TPSA) is 32.8 Å². The van der Waals surface area contributed by atoms with Crippen LogP contribution in [0.5, 0.6) is 0 Å². The van der Waals surface area contributed by atoms with Crippen LogP contribution in [0.2, 0.25) is 0 Å². The van der Waals surface area contributed by atoms with Crippen LogP contribution in [0.25, 0.3) is 0 Å². The lowest BCUT2D eigenvalue weighted by atomic mass is 10.1. The maximum Gasteiger partial charge on any atom is 0.206 e. The summed E-state index contributed by atoms with van der Waals surface area (Å²) < 4.78 is 17.4. The highest BCUT2D eigenvalue weighted by Gasteiger charge is 2.15. The van der Waals surface area contributed by atoms with Gasteiger partial charge in [-0.05, 0) is 38.8 Å². The summed E-state index contributed by atoms with van der Waals surface area (Å²) in [5.74, 6) is 0. The zero-order valence-corrected chi connectivity index (χ0v) is 11.7. The van der Waals surface area contributed by atoms with Gasteiger partial charge in [0.05, 0.1) is 6.29 Å². The zero-order valence-electron chi connectivity index (χ0n) is 10.7. The Morgan fingerprint density at radius 1 is 0.824 bits per heavy atom. The summed E-state index contributed by atoms with van der Waals surface area (Å²) in [4.78, 5) is 4.57. The molecule has 0 aromatic heterocycles. The molecule has 2 fully saturated rings. The molecule has 17 heavy (non-hydrogen) atoms. The van der Waals surface area contributed by atoms with Crippen molar-refractivity contribution in [1.82, 2.24) is 9.80 Å². The van der Waals surface area contributed by atoms with Gasteiger partial charge >= 0.3 is 0 Å². The summed E-state index contributed by atoms with van der Waals surface area (Å²) in [7, 11) is -1.85. The first kappa shape index (κ1) is 13.5. The van der Waals surface area contributed by atoms with Crippen LogP contribution in [0.1, 0.15) is 38.5 Å². The molecule has 4 nitrogen and oxygen atoms in total. The monoisotopic (exact) mass is 260 g/mol. The minimum Gasteiger partial charge on any atom is -0.314 e. The van der Waals surface area contributed by atoms with Gasteiger partial charge in [0.2, 0.25) is 8.03 Å². The van der Waals surface area contributed by atoms with Crippen molar-refractivity contribution in [2.45, 2.75) is 38.5 Å². The van der Waals surface area contributed by atoms with Crippen LogP contribution in [0.4, 0.5) is 0 Å². The predicted molar refractivity (Wildman–Crippen MR) is 70.7 cm³/mol. The molecule has 100 valence electrons. The fraction of sp³-hybridized carbons (Fsp3) is 1.00. The van der Waals surface area contributed by atoms with E-state index in [1.807, 2.05) is 0 Å². The highest BCUT2D eigenvalue weighted by Crippen LogP contribution is 2.26. The molecule has 0 bridgehead atoms. The second kappa shape index (κ2) is 7.52. The third-order valence-corrected chi connectivity index (χ3v) is 4.81.